The van der Waals surface area contributed by atoms with E-state index in [0.717, 1.165) is 24.7 Å². The lowest BCUT2D eigenvalue weighted by atomic mass is 10.1. The summed E-state index contributed by atoms with van der Waals surface area (Å²) in [6, 6.07) is 10.6. The van der Waals surface area contributed by atoms with Gasteiger partial charge in [0.2, 0.25) is 0 Å². The Morgan fingerprint density at radius 3 is 2.24 bits per heavy atom. The Morgan fingerprint density at radius 2 is 1.64 bits per heavy atom. The summed E-state index contributed by atoms with van der Waals surface area (Å²) in [6.45, 7) is 7.32. The van der Waals surface area contributed by atoms with Gasteiger partial charge in [-0.15, -0.1) is 0 Å². The summed E-state index contributed by atoms with van der Waals surface area (Å²) >= 11 is 1.75. The summed E-state index contributed by atoms with van der Waals surface area (Å²) in [5.74, 6) is -1.42. The molecule has 0 radical (unpaired) electrons. The number of nitrogens with zero attached hydrogens (tertiary/aromatic N) is 1. The zero-order valence-electron chi connectivity index (χ0n) is 14.8. The SMILES string of the molecule is CCN(CC)Sc1ccc(CNCc2cc(F)c(F)cc2OC)cc1. The van der Waals surface area contributed by atoms with Gasteiger partial charge >= 0.3 is 0 Å². The molecule has 2 aromatic rings. The van der Waals surface area contributed by atoms with Crippen LogP contribution in [0.2, 0.25) is 0 Å². The van der Waals surface area contributed by atoms with Gasteiger partial charge in [-0.3, -0.25) is 0 Å². The monoisotopic (exact) mass is 366 g/mol. The summed E-state index contributed by atoms with van der Waals surface area (Å²) in [5, 5.41) is 3.24. The van der Waals surface area contributed by atoms with E-state index in [4.69, 9.17) is 4.74 Å². The van der Waals surface area contributed by atoms with Crippen molar-refractivity contribution >= 4 is 11.9 Å². The highest BCUT2D eigenvalue weighted by Crippen LogP contribution is 2.23. The average molecular weight is 366 g/mol. The van der Waals surface area contributed by atoms with Gasteiger partial charge in [-0.25, -0.2) is 13.1 Å². The maximum Gasteiger partial charge on any atom is 0.162 e. The molecule has 0 atom stereocenters. The molecule has 0 unspecified atom stereocenters. The molecule has 3 nitrogen and oxygen atoms in total. The lowest BCUT2D eigenvalue weighted by Crippen LogP contribution is -2.14. The molecule has 0 fully saturated rings. The van der Waals surface area contributed by atoms with Crippen LogP contribution < -0.4 is 10.1 Å². The van der Waals surface area contributed by atoms with E-state index in [-0.39, 0.29) is 0 Å². The first-order valence-corrected chi connectivity index (χ1v) is 9.09. The van der Waals surface area contributed by atoms with Gasteiger partial charge in [-0.05, 0) is 35.7 Å². The summed E-state index contributed by atoms with van der Waals surface area (Å²) < 4.78 is 34.0. The van der Waals surface area contributed by atoms with Gasteiger partial charge in [-0.1, -0.05) is 26.0 Å². The van der Waals surface area contributed by atoms with Crippen LogP contribution in [0.1, 0.15) is 25.0 Å². The van der Waals surface area contributed by atoms with Crippen molar-refractivity contribution in [3.8, 4) is 5.75 Å². The van der Waals surface area contributed by atoms with E-state index in [9.17, 15) is 8.78 Å². The summed E-state index contributed by atoms with van der Waals surface area (Å²) in [4.78, 5) is 1.20. The molecular weight excluding hydrogens is 342 g/mol. The van der Waals surface area contributed by atoms with Crippen LogP contribution in [-0.4, -0.2) is 24.5 Å². The third-order valence-electron chi connectivity index (χ3n) is 3.83. The molecule has 2 aromatic carbocycles. The number of halogens is 2. The van der Waals surface area contributed by atoms with Crippen LogP contribution >= 0.6 is 11.9 Å². The average Bonchev–Trinajstić information content (AvgIpc) is 2.63. The second kappa shape index (κ2) is 9.75. The molecule has 0 aliphatic heterocycles. The molecule has 0 bridgehead atoms. The zero-order chi connectivity index (χ0) is 18.2. The normalized spacial score (nSPS) is 11.1. The van der Waals surface area contributed by atoms with E-state index >= 15 is 0 Å². The number of nitrogens with one attached hydrogen (secondary N) is 1. The first-order valence-electron chi connectivity index (χ1n) is 8.31. The molecule has 6 heteroatoms. The Kier molecular flexibility index (Phi) is 7.68. The standard InChI is InChI=1S/C19H24F2N2OS/c1-4-23(5-2)25-16-8-6-14(7-9-16)12-22-13-15-10-17(20)18(21)11-19(15)24-3/h6-11,22H,4-5,12-13H2,1-3H3. The van der Waals surface area contributed by atoms with Gasteiger partial charge in [0.15, 0.2) is 11.6 Å². The first kappa shape index (κ1) is 19.7. The molecule has 136 valence electrons. The van der Waals surface area contributed by atoms with Crippen LogP contribution in [-0.2, 0) is 13.1 Å². The Bertz CT molecular complexity index is 676. The van der Waals surface area contributed by atoms with Crippen LogP contribution in [0.5, 0.6) is 5.75 Å². The molecule has 1 N–H and O–H groups in total. The quantitative estimate of drug-likeness (QED) is 0.655. The van der Waals surface area contributed by atoms with Crippen LogP contribution in [0.3, 0.4) is 0 Å². The topological polar surface area (TPSA) is 24.5 Å². The van der Waals surface area contributed by atoms with E-state index in [2.05, 4.69) is 47.7 Å². The highest BCUT2D eigenvalue weighted by molar-refractivity contribution is 7.97. The molecule has 0 heterocycles. The number of methoxy groups -OCH3 is 1. The van der Waals surface area contributed by atoms with E-state index in [1.54, 1.807) is 11.9 Å². The van der Waals surface area contributed by atoms with Gasteiger partial charge in [0.05, 0.1) is 7.11 Å². The summed E-state index contributed by atoms with van der Waals surface area (Å²) in [6.07, 6.45) is 0. The van der Waals surface area contributed by atoms with Crippen molar-refractivity contribution in [1.29, 1.82) is 0 Å². The predicted molar refractivity (Wildman–Crippen MR) is 98.7 cm³/mol. The Morgan fingerprint density at radius 1 is 1.00 bits per heavy atom. The van der Waals surface area contributed by atoms with Crippen LogP contribution in [0, 0.1) is 11.6 Å². The number of hydrogen-bond acceptors (Lipinski definition) is 4. The zero-order valence-corrected chi connectivity index (χ0v) is 15.6. The lowest BCUT2D eigenvalue weighted by molar-refractivity contribution is 0.398. The second-order valence-corrected chi connectivity index (χ2v) is 6.70. The van der Waals surface area contributed by atoms with Crippen LogP contribution in [0.25, 0.3) is 0 Å². The van der Waals surface area contributed by atoms with Crippen LogP contribution in [0.15, 0.2) is 41.3 Å². The molecule has 0 spiro atoms. The van der Waals surface area contributed by atoms with Gasteiger partial charge < -0.3 is 10.1 Å². The minimum absolute atomic E-state index is 0.345. The Labute approximate surface area is 152 Å². The largest absolute Gasteiger partial charge is 0.496 e. The van der Waals surface area contributed by atoms with Crippen molar-refractivity contribution in [3.05, 3.63) is 59.2 Å². The smallest absolute Gasteiger partial charge is 0.162 e. The van der Waals surface area contributed by atoms with E-state index < -0.39 is 11.6 Å². The van der Waals surface area contributed by atoms with Crippen molar-refractivity contribution in [1.82, 2.24) is 9.62 Å². The molecular formula is C19H24F2N2OS. The van der Waals surface area contributed by atoms with Gasteiger partial charge in [-0.2, -0.15) is 0 Å². The minimum atomic E-state index is -0.901. The third-order valence-corrected chi connectivity index (χ3v) is 5.09. The number of rotatable bonds is 9. The summed E-state index contributed by atoms with van der Waals surface area (Å²) in [5.41, 5.74) is 1.72. The predicted octanol–water partition coefficient (Wildman–Crippen LogP) is 4.61. The van der Waals surface area contributed by atoms with Gasteiger partial charge in [0.1, 0.15) is 5.75 Å². The Balaban J connectivity index is 1.91. The fourth-order valence-corrected chi connectivity index (χ4v) is 3.22. The second-order valence-electron chi connectivity index (χ2n) is 5.53. The third kappa shape index (κ3) is 5.70. The fourth-order valence-electron chi connectivity index (χ4n) is 2.41. The van der Waals surface area contributed by atoms with Crippen molar-refractivity contribution < 1.29 is 13.5 Å². The highest BCUT2D eigenvalue weighted by Gasteiger charge is 2.10. The van der Waals surface area contributed by atoms with Crippen molar-refractivity contribution in [2.45, 2.75) is 31.8 Å². The molecule has 25 heavy (non-hydrogen) atoms. The molecule has 2 rings (SSSR count). The van der Waals surface area contributed by atoms with Crippen LogP contribution in [0.4, 0.5) is 8.78 Å². The van der Waals surface area contributed by atoms with Crippen molar-refractivity contribution in [3.63, 3.8) is 0 Å². The van der Waals surface area contributed by atoms with Crippen molar-refractivity contribution in [2.75, 3.05) is 20.2 Å². The van der Waals surface area contributed by atoms with E-state index in [0.29, 0.717) is 24.4 Å². The first-order chi connectivity index (χ1) is 12.1. The number of ether oxygens (including phenoxy) is 1. The summed E-state index contributed by atoms with van der Waals surface area (Å²) in [7, 11) is 1.45. The maximum absolute atomic E-state index is 13.4. The Hall–Kier alpha value is -1.63. The lowest BCUT2D eigenvalue weighted by Gasteiger charge is -2.16. The van der Waals surface area contributed by atoms with Gasteiger partial charge in [0.25, 0.3) is 0 Å². The fraction of sp³-hybridized carbons (Fsp3) is 0.368. The molecule has 0 aromatic heterocycles. The highest BCUT2D eigenvalue weighted by atomic mass is 32.2. The molecule has 0 saturated carbocycles. The number of hydrogen-bond donors (Lipinski definition) is 1. The number of benzene rings is 2. The van der Waals surface area contributed by atoms with Gasteiger partial charge in [0, 0.05) is 42.7 Å². The molecule has 0 saturated heterocycles. The van der Waals surface area contributed by atoms with E-state index in [1.165, 1.54) is 18.1 Å². The van der Waals surface area contributed by atoms with E-state index in [1.807, 2.05) is 0 Å². The maximum atomic E-state index is 13.4. The van der Waals surface area contributed by atoms with Crippen molar-refractivity contribution in [2.24, 2.45) is 0 Å². The molecule has 0 aliphatic carbocycles. The molecule has 0 aliphatic rings. The molecule has 0 amide bonds. The minimum Gasteiger partial charge on any atom is -0.496 e.